The summed E-state index contributed by atoms with van der Waals surface area (Å²) in [6.45, 7) is 6.15. The summed E-state index contributed by atoms with van der Waals surface area (Å²) in [5, 5.41) is 2.70. The molecule has 8 nitrogen and oxygen atoms in total. The molecule has 174 valence electrons. The highest BCUT2D eigenvalue weighted by molar-refractivity contribution is 5.92. The van der Waals surface area contributed by atoms with E-state index in [-0.39, 0.29) is 29.6 Å². The number of ether oxygens (including phenoxy) is 1. The molecule has 1 aromatic heterocycles. The fourth-order valence-electron chi connectivity index (χ4n) is 4.94. The molecule has 0 aliphatic carbocycles. The highest BCUT2D eigenvalue weighted by Gasteiger charge is 2.47. The van der Waals surface area contributed by atoms with Gasteiger partial charge in [0.05, 0.1) is 0 Å². The van der Waals surface area contributed by atoms with Crippen LogP contribution in [0.4, 0.5) is 9.18 Å². The fraction of sp³-hybridized carbons (Fsp3) is 0.652. The van der Waals surface area contributed by atoms with Crippen LogP contribution in [0.15, 0.2) is 18.5 Å². The number of fused-ring (bicyclic) bond motifs is 1. The molecule has 3 atom stereocenters. The quantitative estimate of drug-likeness (QED) is 0.771. The molecule has 4 heterocycles. The van der Waals surface area contributed by atoms with Gasteiger partial charge in [-0.15, -0.1) is 0 Å². The van der Waals surface area contributed by atoms with Gasteiger partial charge in [-0.2, -0.15) is 0 Å². The maximum atomic E-state index is 14.0. The van der Waals surface area contributed by atoms with Crippen LogP contribution in [0.25, 0.3) is 0 Å². The van der Waals surface area contributed by atoms with Crippen molar-refractivity contribution in [3.8, 4) is 0 Å². The topological polar surface area (TPSA) is 91.8 Å². The van der Waals surface area contributed by atoms with Gasteiger partial charge in [-0.1, -0.05) is 0 Å². The molecule has 3 amide bonds. The first kappa shape index (κ1) is 22.5. The van der Waals surface area contributed by atoms with Crippen molar-refractivity contribution in [1.29, 1.82) is 0 Å². The maximum Gasteiger partial charge on any atom is 0.408 e. The van der Waals surface area contributed by atoms with Crippen LogP contribution < -0.4 is 5.32 Å². The Labute approximate surface area is 187 Å². The van der Waals surface area contributed by atoms with E-state index in [4.69, 9.17) is 4.74 Å². The number of nitrogens with zero attached hydrogens (tertiary/aromatic N) is 3. The minimum Gasteiger partial charge on any atom is -0.444 e. The molecule has 0 saturated carbocycles. The lowest BCUT2D eigenvalue weighted by Gasteiger charge is -2.42. The summed E-state index contributed by atoms with van der Waals surface area (Å²) < 4.78 is 19.3. The van der Waals surface area contributed by atoms with Crippen molar-refractivity contribution < 1.29 is 23.5 Å². The number of hydrogen-bond donors (Lipinski definition) is 1. The zero-order valence-corrected chi connectivity index (χ0v) is 18.8. The summed E-state index contributed by atoms with van der Waals surface area (Å²) in [4.78, 5) is 46.2. The normalized spacial score (nSPS) is 26.2. The summed E-state index contributed by atoms with van der Waals surface area (Å²) in [5.74, 6) is -0.702. The van der Waals surface area contributed by atoms with Gasteiger partial charge in [0, 0.05) is 43.0 Å². The Balaban J connectivity index is 1.41. The Bertz CT molecular complexity index is 896. The zero-order chi connectivity index (χ0) is 23.0. The molecule has 1 N–H and O–H groups in total. The van der Waals surface area contributed by atoms with Gasteiger partial charge in [0.2, 0.25) is 11.8 Å². The minimum absolute atomic E-state index is 0.00901. The molecule has 3 saturated heterocycles. The van der Waals surface area contributed by atoms with E-state index in [1.165, 1.54) is 18.5 Å². The Hall–Kier alpha value is -2.71. The lowest BCUT2D eigenvalue weighted by atomic mass is 9.91. The van der Waals surface area contributed by atoms with Gasteiger partial charge >= 0.3 is 6.09 Å². The minimum atomic E-state index is -0.697. The molecule has 0 bridgehead atoms. The molecule has 1 aromatic rings. The summed E-state index contributed by atoms with van der Waals surface area (Å²) >= 11 is 0. The van der Waals surface area contributed by atoms with Gasteiger partial charge in [-0.3, -0.25) is 14.6 Å². The molecule has 3 aliphatic rings. The van der Waals surface area contributed by atoms with Crippen molar-refractivity contribution in [2.45, 2.75) is 82.5 Å². The van der Waals surface area contributed by atoms with Crippen LogP contribution in [-0.4, -0.2) is 69.5 Å². The number of amides is 3. The Kier molecular flexibility index (Phi) is 6.09. The molecule has 0 spiro atoms. The third kappa shape index (κ3) is 4.56. The highest BCUT2D eigenvalue weighted by Crippen LogP contribution is 2.35. The number of nitrogens with one attached hydrogen (secondary N) is 1. The van der Waals surface area contributed by atoms with E-state index in [0.29, 0.717) is 31.5 Å². The van der Waals surface area contributed by atoms with Crippen LogP contribution in [0, 0.1) is 5.82 Å². The smallest absolute Gasteiger partial charge is 0.408 e. The van der Waals surface area contributed by atoms with Gasteiger partial charge < -0.3 is 19.9 Å². The van der Waals surface area contributed by atoms with Crippen molar-refractivity contribution in [2.75, 3.05) is 13.1 Å². The van der Waals surface area contributed by atoms with Crippen molar-refractivity contribution in [3.05, 3.63) is 29.8 Å². The van der Waals surface area contributed by atoms with Crippen molar-refractivity contribution in [3.63, 3.8) is 0 Å². The molecular weight excluding hydrogens is 415 g/mol. The number of carbonyl (C=O) groups is 3. The predicted molar refractivity (Wildman–Crippen MR) is 114 cm³/mol. The van der Waals surface area contributed by atoms with E-state index in [2.05, 4.69) is 10.3 Å². The van der Waals surface area contributed by atoms with E-state index in [0.717, 1.165) is 19.3 Å². The van der Waals surface area contributed by atoms with E-state index in [9.17, 15) is 18.8 Å². The lowest BCUT2D eigenvalue weighted by Crippen LogP contribution is -2.58. The van der Waals surface area contributed by atoms with Gasteiger partial charge in [-0.25, -0.2) is 9.18 Å². The second-order valence-corrected chi connectivity index (χ2v) is 9.96. The summed E-state index contributed by atoms with van der Waals surface area (Å²) in [7, 11) is 0. The second kappa shape index (κ2) is 8.67. The standard InChI is InChI=1S/C23H31FN4O4/c1-23(2,3)32-22(31)26-18-6-4-5-15-7-8-19(28(15)20(18)29)21(30)27-12-14(13-27)16-11-25-10-9-17(16)24/h9-11,14-15,18-19H,4-8,12-13H2,1-3H3,(H,26,31)/t15-,18-,19-/m0/s1. The van der Waals surface area contributed by atoms with E-state index in [1.807, 2.05) is 0 Å². The van der Waals surface area contributed by atoms with E-state index < -0.39 is 23.8 Å². The van der Waals surface area contributed by atoms with Crippen molar-refractivity contribution in [2.24, 2.45) is 0 Å². The van der Waals surface area contributed by atoms with Crippen LogP contribution in [0.5, 0.6) is 0 Å². The summed E-state index contributed by atoms with van der Waals surface area (Å²) in [6, 6.07) is 0.106. The van der Waals surface area contributed by atoms with Crippen molar-refractivity contribution in [1.82, 2.24) is 20.1 Å². The summed E-state index contributed by atoms with van der Waals surface area (Å²) in [6.07, 6.45) is 5.81. The van der Waals surface area contributed by atoms with Crippen LogP contribution in [0.3, 0.4) is 0 Å². The van der Waals surface area contributed by atoms with Crippen LogP contribution >= 0.6 is 0 Å². The van der Waals surface area contributed by atoms with Crippen LogP contribution in [-0.2, 0) is 14.3 Å². The Morgan fingerprint density at radius 3 is 2.62 bits per heavy atom. The monoisotopic (exact) mass is 446 g/mol. The summed E-state index contributed by atoms with van der Waals surface area (Å²) in [5.41, 5.74) is -0.137. The molecule has 3 aliphatic heterocycles. The second-order valence-electron chi connectivity index (χ2n) is 9.96. The fourth-order valence-corrected chi connectivity index (χ4v) is 4.94. The Morgan fingerprint density at radius 1 is 1.19 bits per heavy atom. The number of pyridine rings is 1. The maximum absolute atomic E-state index is 14.0. The molecule has 3 fully saturated rings. The molecule has 9 heteroatoms. The van der Waals surface area contributed by atoms with E-state index in [1.54, 1.807) is 30.6 Å². The molecule has 0 aromatic carbocycles. The highest BCUT2D eigenvalue weighted by atomic mass is 19.1. The van der Waals surface area contributed by atoms with Gasteiger partial charge in [0.1, 0.15) is 23.5 Å². The zero-order valence-electron chi connectivity index (χ0n) is 18.8. The first-order chi connectivity index (χ1) is 15.1. The largest absolute Gasteiger partial charge is 0.444 e. The van der Waals surface area contributed by atoms with Crippen LogP contribution in [0.2, 0.25) is 0 Å². The Morgan fingerprint density at radius 2 is 1.94 bits per heavy atom. The number of likely N-dealkylation sites (tertiary alicyclic amines) is 1. The SMILES string of the molecule is CC(C)(C)OC(=O)N[C@H]1CCC[C@H]2CC[C@@H](C(=O)N3CC(c4cnccc4F)C3)N2C1=O. The van der Waals surface area contributed by atoms with Gasteiger partial charge in [0.25, 0.3) is 0 Å². The first-order valence-electron chi connectivity index (χ1n) is 11.3. The van der Waals surface area contributed by atoms with Crippen LogP contribution in [0.1, 0.15) is 64.4 Å². The third-order valence-electron chi connectivity index (χ3n) is 6.49. The van der Waals surface area contributed by atoms with Gasteiger partial charge in [-0.05, 0) is 58.9 Å². The number of carbonyl (C=O) groups excluding carboxylic acids is 3. The van der Waals surface area contributed by atoms with Gasteiger partial charge in [0.15, 0.2) is 0 Å². The number of rotatable bonds is 3. The number of hydrogen-bond acceptors (Lipinski definition) is 5. The average Bonchev–Trinajstić information content (AvgIpc) is 3.03. The predicted octanol–water partition coefficient (Wildman–Crippen LogP) is 2.58. The molecule has 32 heavy (non-hydrogen) atoms. The van der Waals surface area contributed by atoms with Crippen molar-refractivity contribution >= 4 is 17.9 Å². The molecule has 4 rings (SSSR count). The lowest BCUT2D eigenvalue weighted by molar-refractivity contribution is -0.148. The molecular formula is C23H31FN4O4. The first-order valence-corrected chi connectivity index (χ1v) is 11.3. The molecule has 0 radical (unpaired) electrons. The number of halogens is 1. The van der Waals surface area contributed by atoms with E-state index >= 15 is 0 Å². The average molecular weight is 447 g/mol. The number of aromatic nitrogens is 1. The molecule has 0 unspecified atom stereocenters. The number of alkyl carbamates (subject to hydrolysis) is 1. The third-order valence-corrected chi connectivity index (χ3v) is 6.49.